The van der Waals surface area contributed by atoms with E-state index in [-0.39, 0.29) is 12.0 Å². The van der Waals surface area contributed by atoms with E-state index < -0.39 is 0 Å². The number of amides is 1. The first-order valence-electron chi connectivity index (χ1n) is 9.69. The maximum Gasteiger partial charge on any atom is 0.274 e. The second-order valence-corrected chi connectivity index (χ2v) is 9.74. The molecule has 29 heavy (non-hydrogen) atoms. The van der Waals surface area contributed by atoms with E-state index in [1.807, 2.05) is 29.2 Å². The van der Waals surface area contributed by atoms with Crippen molar-refractivity contribution in [1.82, 2.24) is 9.88 Å². The van der Waals surface area contributed by atoms with Gasteiger partial charge in [-0.3, -0.25) is 4.79 Å². The van der Waals surface area contributed by atoms with Crippen LogP contribution >= 0.6 is 34.7 Å². The Morgan fingerprint density at radius 1 is 1.17 bits per heavy atom. The van der Waals surface area contributed by atoms with Crippen molar-refractivity contribution in [3.63, 3.8) is 0 Å². The summed E-state index contributed by atoms with van der Waals surface area (Å²) in [5, 5.41) is 1.45. The summed E-state index contributed by atoms with van der Waals surface area (Å²) < 4.78 is 7.37. The minimum absolute atomic E-state index is 0.115. The molecule has 1 aliphatic rings. The van der Waals surface area contributed by atoms with Gasteiger partial charge in [-0.05, 0) is 49.2 Å². The van der Waals surface area contributed by atoms with Crippen LogP contribution < -0.4 is 4.74 Å². The Bertz CT molecular complexity index is 973. The van der Waals surface area contributed by atoms with Gasteiger partial charge in [0.1, 0.15) is 6.10 Å². The lowest BCUT2D eigenvalue weighted by molar-refractivity contribution is -0.130. The van der Waals surface area contributed by atoms with Crippen LogP contribution in [0.25, 0.3) is 10.2 Å². The number of rotatable bonds is 5. The average molecular weight is 447 g/mol. The summed E-state index contributed by atoms with van der Waals surface area (Å²) in [5.41, 5.74) is 3.45. The summed E-state index contributed by atoms with van der Waals surface area (Å²) in [5.74, 6) is 0.624. The molecule has 1 aromatic heterocycles. The number of halogens is 1. The molecule has 1 amide bonds. The molecule has 4 nitrogen and oxygen atoms in total. The fourth-order valence-corrected chi connectivity index (χ4v) is 5.38. The number of carbonyl (C=O) groups excluding carboxylic acids is 1. The molecule has 7 heteroatoms. The summed E-state index contributed by atoms with van der Waals surface area (Å²) in [6.45, 7) is 5.65. The van der Waals surface area contributed by atoms with Gasteiger partial charge in [-0.15, -0.1) is 11.8 Å². The molecule has 3 aromatic rings. The van der Waals surface area contributed by atoms with E-state index in [1.165, 1.54) is 15.8 Å². The predicted octanol–water partition coefficient (Wildman–Crippen LogP) is 5.73. The van der Waals surface area contributed by atoms with Crippen LogP contribution in [0.15, 0.2) is 41.3 Å². The Hall–Kier alpha value is -1.76. The second-order valence-electron chi connectivity index (χ2n) is 7.30. The highest BCUT2D eigenvalue weighted by atomic mass is 35.5. The molecule has 0 saturated carbocycles. The number of hydrogen-bond acceptors (Lipinski definition) is 5. The molecule has 2 aromatic carbocycles. The van der Waals surface area contributed by atoms with Crippen LogP contribution in [0.2, 0.25) is 5.02 Å². The summed E-state index contributed by atoms with van der Waals surface area (Å²) in [6.07, 6.45) is 1.79. The highest BCUT2D eigenvalue weighted by molar-refractivity contribution is 8.00. The van der Waals surface area contributed by atoms with Crippen LogP contribution in [0.1, 0.15) is 24.0 Å². The summed E-state index contributed by atoms with van der Waals surface area (Å²) in [4.78, 5) is 20.2. The van der Waals surface area contributed by atoms with Crippen molar-refractivity contribution in [2.24, 2.45) is 0 Å². The van der Waals surface area contributed by atoms with E-state index in [0.29, 0.717) is 10.8 Å². The zero-order valence-corrected chi connectivity index (χ0v) is 18.9. The van der Waals surface area contributed by atoms with E-state index in [4.69, 9.17) is 21.3 Å². The Morgan fingerprint density at radius 2 is 1.86 bits per heavy atom. The lowest BCUT2D eigenvalue weighted by atomic mass is 10.1. The van der Waals surface area contributed by atoms with Crippen molar-refractivity contribution in [2.45, 2.75) is 37.7 Å². The lowest BCUT2D eigenvalue weighted by Gasteiger charge is -2.31. The van der Waals surface area contributed by atoms with Crippen LogP contribution in [-0.4, -0.2) is 40.7 Å². The first-order chi connectivity index (χ1) is 14.0. The Balaban J connectivity index is 1.29. The Kier molecular flexibility index (Phi) is 6.32. The normalized spacial score (nSPS) is 15.1. The lowest BCUT2D eigenvalue weighted by Crippen LogP contribution is -2.42. The number of carbonyl (C=O) groups is 1. The van der Waals surface area contributed by atoms with Crippen LogP contribution in [0.4, 0.5) is 0 Å². The first-order valence-corrected chi connectivity index (χ1v) is 11.9. The van der Waals surface area contributed by atoms with Crippen LogP contribution in [-0.2, 0) is 4.79 Å². The molecular formula is C22H23ClN2O2S2. The third-order valence-electron chi connectivity index (χ3n) is 5.16. The summed E-state index contributed by atoms with van der Waals surface area (Å²) >= 11 is 9.07. The van der Waals surface area contributed by atoms with Crippen molar-refractivity contribution < 1.29 is 9.53 Å². The van der Waals surface area contributed by atoms with Gasteiger partial charge in [-0.25, -0.2) is 4.98 Å². The number of piperidine rings is 1. The van der Waals surface area contributed by atoms with Gasteiger partial charge in [0.15, 0.2) is 0 Å². The zero-order valence-electron chi connectivity index (χ0n) is 16.5. The molecule has 152 valence electrons. The number of hydrogen-bond donors (Lipinski definition) is 0. The van der Waals surface area contributed by atoms with Gasteiger partial charge in [0, 0.05) is 35.8 Å². The number of fused-ring (bicyclic) bond motifs is 1. The molecule has 0 radical (unpaired) electrons. The molecule has 4 rings (SSSR count). The summed E-state index contributed by atoms with van der Waals surface area (Å²) in [6, 6.07) is 11.8. The molecule has 0 bridgehead atoms. The SMILES string of the molecule is Cc1ccc(C)c2sc(OC3CCN(C(=O)CSc4ccc(Cl)cc4)CC3)nc12. The predicted molar refractivity (Wildman–Crippen MR) is 122 cm³/mol. The number of thiazole rings is 1. The molecule has 0 spiro atoms. The molecule has 0 aliphatic carbocycles. The second kappa shape index (κ2) is 8.94. The highest BCUT2D eigenvalue weighted by Crippen LogP contribution is 2.33. The Morgan fingerprint density at radius 3 is 2.55 bits per heavy atom. The molecule has 0 atom stereocenters. The Labute approximate surface area is 184 Å². The minimum atomic E-state index is 0.115. The van der Waals surface area contributed by atoms with E-state index >= 15 is 0 Å². The minimum Gasteiger partial charge on any atom is -0.467 e. The standard InChI is InChI=1S/C22H23ClN2O2S2/c1-14-3-4-15(2)21-20(14)24-22(29-21)27-17-9-11-25(12-10-17)19(26)13-28-18-7-5-16(23)6-8-18/h3-8,17H,9-13H2,1-2H3. The van der Waals surface area contributed by atoms with Crippen LogP contribution in [0.3, 0.4) is 0 Å². The summed E-state index contributed by atoms with van der Waals surface area (Å²) in [7, 11) is 0. The monoisotopic (exact) mass is 446 g/mol. The number of nitrogens with zero attached hydrogens (tertiary/aromatic N) is 2. The molecule has 0 N–H and O–H groups in total. The molecular weight excluding hydrogens is 424 g/mol. The largest absolute Gasteiger partial charge is 0.467 e. The van der Waals surface area contributed by atoms with Crippen LogP contribution in [0, 0.1) is 13.8 Å². The fraction of sp³-hybridized carbons (Fsp3) is 0.364. The van der Waals surface area contributed by atoms with Gasteiger partial charge in [0.05, 0.1) is 16.0 Å². The van der Waals surface area contributed by atoms with Crippen molar-refractivity contribution >= 4 is 50.8 Å². The quantitative estimate of drug-likeness (QED) is 0.469. The molecule has 0 unspecified atom stereocenters. The zero-order chi connectivity index (χ0) is 20.4. The highest BCUT2D eigenvalue weighted by Gasteiger charge is 2.25. The van der Waals surface area contributed by atoms with Crippen molar-refractivity contribution in [3.05, 3.63) is 52.5 Å². The van der Waals surface area contributed by atoms with Gasteiger partial charge in [-0.2, -0.15) is 0 Å². The molecule has 1 fully saturated rings. The van der Waals surface area contributed by atoms with Gasteiger partial charge in [0.2, 0.25) is 5.91 Å². The number of likely N-dealkylation sites (tertiary alicyclic amines) is 1. The number of thioether (sulfide) groups is 1. The van der Waals surface area contributed by atoms with E-state index in [9.17, 15) is 4.79 Å². The number of aromatic nitrogens is 1. The van der Waals surface area contributed by atoms with Gasteiger partial charge in [0.25, 0.3) is 5.19 Å². The van der Waals surface area contributed by atoms with Gasteiger partial charge >= 0.3 is 0 Å². The third kappa shape index (κ3) is 4.87. The van der Waals surface area contributed by atoms with Crippen LogP contribution in [0.5, 0.6) is 5.19 Å². The smallest absolute Gasteiger partial charge is 0.274 e. The van der Waals surface area contributed by atoms with Gasteiger partial charge in [-0.1, -0.05) is 35.1 Å². The van der Waals surface area contributed by atoms with Crippen molar-refractivity contribution in [1.29, 1.82) is 0 Å². The maximum atomic E-state index is 12.5. The number of aryl methyl sites for hydroxylation is 2. The third-order valence-corrected chi connectivity index (χ3v) is 7.49. The average Bonchev–Trinajstić information content (AvgIpc) is 3.16. The number of ether oxygens (including phenoxy) is 1. The molecule has 1 saturated heterocycles. The number of benzene rings is 2. The molecule has 1 aliphatic heterocycles. The topological polar surface area (TPSA) is 42.4 Å². The molecule has 2 heterocycles. The van der Waals surface area contributed by atoms with Crippen molar-refractivity contribution in [3.8, 4) is 5.19 Å². The first kappa shape index (κ1) is 20.5. The van der Waals surface area contributed by atoms with Crippen molar-refractivity contribution in [2.75, 3.05) is 18.8 Å². The fourth-order valence-electron chi connectivity index (χ4n) is 3.42. The van der Waals surface area contributed by atoms with E-state index in [0.717, 1.165) is 41.5 Å². The van der Waals surface area contributed by atoms with E-state index in [1.54, 1.807) is 23.1 Å². The van der Waals surface area contributed by atoms with E-state index in [2.05, 4.69) is 26.0 Å². The van der Waals surface area contributed by atoms with Gasteiger partial charge < -0.3 is 9.64 Å². The maximum absolute atomic E-state index is 12.5.